The molecule has 0 aliphatic rings. The number of hydrogen-bond acceptors (Lipinski definition) is 12. The number of aryl methyl sites for hydroxylation is 2. The molecule has 0 fully saturated rings. The Kier molecular flexibility index (Phi) is 9.25. The van der Waals surface area contributed by atoms with E-state index < -0.39 is 0 Å². The fraction of sp³-hybridized carbons (Fsp3) is 0.154. The van der Waals surface area contributed by atoms with E-state index in [9.17, 15) is 9.59 Å². The molecule has 42 heavy (non-hydrogen) atoms. The zero-order chi connectivity index (χ0) is 29.3. The Bertz CT molecular complexity index is 1520. The van der Waals surface area contributed by atoms with Gasteiger partial charge in [0.15, 0.2) is 0 Å². The molecule has 0 radical (unpaired) electrons. The third-order valence-electron chi connectivity index (χ3n) is 5.40. The number of tetrazole rings is 2. The van der Waals surface area contributed by atoms with E-state index in [-0.39, 0.29) is 23.3 Å². The summed E-state index contributed by atoms with van der Waals surface area (Å²) in [6.07, 6.45) is 0. The first-order valence-electron chi connectivity index (χ1n) is 12.4. The Balaban J connectivity index is 1.06. The van der Waals surface area contributed by atoms with Gasteiger partial charge in [-0.05, 0) is 93.6 Å². The van der Waals surface area contributed by atoms with Crippen molar-refractivity contribution in [3.05, 3.63) is 72.8 Å². The van der Waals surface area contributed by atoms with Crippen LogP contribution in [-0.4, -0.2) is 63.7 Å². The van der Waals surface area contributed by atoms with E-state index in [1.807, 2.05) is 0 Å². The molecule has 0 aliphatic heterocycles. The summed E-state index contributed by atoms with van der Waals surface area (Å²) in [4.78, 5) is 24.4. The van der Waals surface area contributed by atoms with E-state index in [0.717, 1.165) is 0 Å². The largest absolute Gasteiger partial charge is 0.457 e. The topological polar surface area (TPSA) is 164 Å². The van der Waals surface area contributed by atoms with Gasteiger partial charge < -0.3 is 20.1 Å². The quantitative estimate of drug-likeness (QED) is 0.198. The van der Waals surface area contributed by atoms with Crippen molar-refractivity contribution in [2.45, 2.75) is 10.3 Å². The van der Waals surface area contributed by atoms with Crippen LogP contribution in [0.3, 0.4) is 0 Å². The number of nitrogens with zero attached hydrogens (tertiary/aromatic N) is 8. The molecule has 0 saturated heterocycles. The number of aromatic nitrogens is 8. The molecule has 5 rings (SSSR count). The minimum absolute atomic E-state index is 0.168. The first kappa shape index (κ1) is 28.6. The molecule has 2 heterocycles. The van der Waals surface area contributed by atoms with Crippen LogP contribution in [0.25, 0.3) is 0 Å². The van der Waals surface area contributed by atoms with Crippen LogP contribution < -0.4 is 20.1 Å². The van der Waals surface area contributed by atoms with Gasteiger partial charge in [-0.25, -0.2) is 9.36 Å². The van der Waals surface area contributed by atoms with Crippen molar-refractivity contribution < 1.29 is 19.1 Å². The average Bonchev–Trinajstić information content (AvgIpc) is 3.60. The van der Waals surface area contributed by atoms with Crippen LogP contribution in [0.1, 0.15) is 0 Å². The molecule has 0 saturated carbocycles. The fourth-order valence-corrected chi connectivity index (χ4v) is 4.70. The van der Waals surface area contributed by atoms with Crippen molar-refractivity contribution in [2.75, 3.05) is 22.1 Å². The second-order valence-corrected chi connectivity index (χ2v) is 10.5. The highest BCUT2D eigenvalue weighted by molar-refractivity contribution is 8.00. The number of thioether (sulfide) groups is 2. The van der Waals surface area contributed by atoms with Crippen molar-refractivity contribution in [3.63, 3.8) is 0 Å². The minimum Gasteiger partial charge on any atom is -0.457 e. The SMILES string of the molecule is Cn1nnnc1SCC(=O)Nc1ccc(Oc2ccc(Oc3ccc(NC(=O)CSc4nnnn4C)cc3)cc2)cc1. The summed E-state index contributed by atoms with van der Waals surface area (Å²) in [6, 6.07) is 21.3. The Labute approximate surface area is 248 Å². The van der Waals surface area contributed by atoms with Gasteiger partial charge in [-0.1, -0.05) is 23.5 Å². The number of benzene rings is 3. The molecule has 2 N–H and O–H groups in total. The van der Waals surface area contributed by atoms with Gasteiger partial charge in [0.25, 0.3) is 0 Å². The van der Waals surface area contributed by atoms with Crippen LogP contribution in [0.4, 0.5) is 11.4 Å². The Hall–Kier alpha value is -4.96. The fourth-order valence-electron chi connectivity index (χ4n) is 3.40. The highest BCUT2D eigenvalue weighted by Crippen LogP contribution is 2.28. The van der Waals surface area contributed by atoms with Gasteiger partial charge in [-0.3, -0.25) is 9.59 Å². The van der Waals surface area contributed by atoms with Gasteiger partial charge in [0.1, 0.15) is 23.0 Å². The van der Waals surface area contributed by atoms with E-state index in [2.05, 4.69) is 41.7 Å². The zero-order valence-corrected chi connectivity index (χ0v) is 24.0. The Morgan fingerprint density at radius 3 is 1.26 bits per heavy atom. The number of anilines is 2. The number of carbonyl (C=O) groups is 2. The Morgan fingerprint density at radius 2 is 0.952 bits per heavy atom. The molecular weight excluding hydrogens is 580 g/mol. The van der Waals surface area contributed by atoms with E-state index >= 15 is 0 Å². The van der Waals surface area contributed by atoms with Crippen LogP contribution in [0.2, 0.25) is 0 Å². The minimum atomic E-state index is -0.168. The molecule has 0 unspecified atom stereocenters. The highest BCUT2D eigenvalue weighted by atomic mass is 32.2. The van der Waals surface area contributed by atoms with E-state index in [0.29, 0.717) is 44.7 Å². The lowest BCUT2D eigenvalue weighted by Crippen LogP contribution is -2.14. The summed E-state index contributed by atoms with van der Waals surface area (Å²) in [5.74, 6) is 2.52. The molecular formula is C26H24N10O4S2. The number of ether oxygens (including phenoxy) is 2. The molecule has 0 aliphatic carbocycles. The van der Waals surface area contributed by atoms with Crippen LogP contribution in [0, 0.1) is 0 Å². The first-order chi connectivity index (χ1) is 20.4. The summed E-state index contributed by atoms with van der Waals surface area (Å²) in [7, 11) is 3.43. The number of nitrogens with one attached hydrogen (secondary N) is 2. The second kappa shape index (κ2) is 13.6. The third kappa shape index (κ3) is 8.05. The molecule has 0 bridgehead atoms. The van der Waals surface area contributed by atoms with Crippen LogP contribution >= 0.6 is 23.5 Å². The zero-order valence-electron chi connectivity index (χ0n) is 22.4. The lowest BCUT2D eigenvalue weighted by Gasteiger charge is -2.10. The van der Waals surface area contributed by atoms with E-state index in [4.69, 9.17) is 9.47 Å². The van der Waals surface area contributed by atoms with Crippen molar-refractivity contribution in [1.82, 2.24) is 40.4 Å². The summed E-state index contributed by atoms with van der Waals surface area (Å²) < 4.78 is 14.8. The molecule has 214 valence electrons. The predicted octanol–water partition coefficient (Wildman–Crippen LogP) is 3.78. The van der Waals surface area contributed by atoms with Crippen LogP contribution in [0.5, 0.6) is 23.0 Å². The van der Waals surface area contributed by atoms with Crippen LogP contribution in [-0.2, 0) is 23.7 Å². The van der Waals surface area contributed by atoms with Crippen molar-refractivity contribution in [3.8, 4) is 23.0 Å². The standard InChI is InChI=1S/C26H24N10O4S2/c1-35-25(29-31-33-35)41-15-23(37)27-17-3-7-19(8-4-17)39-21-11-13-22(14-12-21)40-20-9-5-18(6-10-20)28-24(38)16-42-26-30-32-34-36(26)2/h3-14H,15-16H2,1-2H3,(H,27,37)(H,28,38). The Morgan fingerprint density at radius 1 is 0.619 bits per heavy atom. The van der Waals surface area contributed by atoms with Crippen molar-refractivity contribution in [2.24, 2.45) is 14.1 Å². The smallest absolute Gasteiger partial charge is 0.234 e. The predicted molar refractivity (Wildman–Crippen MR) is 156 cm³/mol. The van der Waals surface area contributed by atoms with Gasteiger partial charge in [0.05, 0.1) is 11.5 Å². The molecule has 2 amide bonds. The second-order valence-electron chi connectivity index (χ2n) is 8.57. The summed E-state index contributed by atoms with van der Waals surface area (Å²) in [5, 5.41) is 29.0. The molecule has 0 spiro atoms. The number of rotatable bonds is 12. The summed E-state index contributed by atoms with van der Waals surface area (Å²) in [5.41, 5.74) is 1.30. The number of hydrogen-bond donors (Lipinski definition) is 2. The molecule has 0 atom stereocenters. The van der Waals surface area contributed by atoms with E-state index in [1.54, 1.807) is 86.9 Å². The molecule has 3 aromatic carbocycles. The normalized spacial score (nSPS) is 10.7. The maximum atomic E-state index is 12.2. The van der Waals surface area contributed by atoms with Gasteiger partial charge in [0.2, 0.25) is 22.1 Å². The van der Waals surface area contributed by atoms with Crippen LogP contribution in [0.15, 0.2) is 83.1 Å². The molecule has 14 nitrogen and oxygen atoms in total. The van der Waals surface area contributed by atoms with Crippen molar-refractivity contribution >= 4 is 46.7 Å². The molecule has 2 aromatic heterocycles. The first-order valence-corrected chi connectivity index (χ1v) is 14.3. The maximum Gasteiger partial charge on any atom is 0.234 e. The molecule has 5 aromatic rings. The van der Waals surface area contributed by atoms with E-state index in [1.165, 1.54) is 32.9 Å². The summed E-state index contributed by atoms with van der Waals surface area (Å²) >= 11 is 2.50. The maximum absolute atomic E-state index is 12.2. The monoisotopic (exact) mass is 604 g/mol. The lowest BCUT2D eigenvalue weighted by atomic mass is 10.3. The third-order valence-corrected chi connectivity index (χ3v) is 7.42. The van der Waals surface area contributed by atoms with Gasteiger partial charge in [-0.2, -0.15) is 0 Å². The van der Waals surface area contributed by atoms with Crippen molar-refractivity contribution in [1.29, 1.82) is 0 Å². The molecule has 16 heteroatoms. The van der Waals surface area contributed by atoms with Gasteiger partial charge in [-0.15, -0.1) is 10.2 Å². The number of amides is 2. The van der Waals surface area contributed by atoms with Gasteiger partial charge >= 0.3 is 0 Å². The lowest BCUT2D eigenvalue weighted by molar-refractivity contribution is -0.114. The number of carbonyl (C=O) groups excluding carboxylic acids is 2. The highest BCUT2D eigenvalue weighted by Gasteiger charge is 2.10. The summed E-state index contributed by atoms with van der Waals surface area (Å²) in [6.45, 7) is 0. The average molecular weight is 605 g/mol. The van der Waals surface area contributed by atoms with Gasteiger partial charge in [0, 0.05) is 25.5 Å².